The molecule has 1 aliphatic heterocycles. The molecule has 0 fully saturated rings. The molecule has 1 amide bonds. The normalized spacial score (nSPS) is 13.6. The molecule has 114 valence electrons. The number of benzene rings is 2. The monoisotopic (exact) mass is 297 g/mol. The number of carbonyl (C=O) groups excluding carboxylic acids is 1. The Bertz CT molecular complexity index is 679. The summed E-state index contributed by atoms with van der Waals surface area (Å²) in [6.07, 6.45) is 0.818. The molecule has 0 saturated heterocycles. The number of amides is 1. The third-order valence-corrected chi connectivity index (χ3v) is 3.90. The molecular weight excluding hydrogens is 278 g/mol. The van der Waals surface area contributed by atoms with Crippen LogP contribution in [0.1, 0.15) is 28.4 Å². The molecule has 0 radical (unpaired) electrons. The van der Waals surface area contributed by atoms with E-state index in [0.29, 0.717) is 25.3 Å². The van der Waals surface area contributed by atoms with Gasteiger partial charge >= 0.3 is 0 Å². The zero-order chi connectivity index (χ0) is 15.5. The lowest BCUT2D eigenvalue weighted by atomic mass is 9.99. The fraction of sp³-hybridized carbons (Fsp3) is 0.278. The number of phenolic OH excluding ortho intramolecular Hbond substituents is 1. The number of hydrogen-bond acceptors (Lipinski definition) is 3. The van der Waals surface area contributed by atoms with Gasteiger partial charge in [0.25, 0.3) is 5.91 Å². The van der Waals surface area contributed by atoms with Crippen molar-refractivity contribution < 1.29 is 14.6 Å². The Morgan fingerprint density at radius 2 is 1.95 bits per heavy atom. The topological polar surface area (TPSA) is 49.8 Å². The predicted molar refractivity (Wildman–Crippen MR) is 84.2 cm³/mol. The fourth-order valence-electron chi connectivity index (χ4n) is 2.76. The standard InChI is InChI=1S/C18H19NO3/c1-2-22-17-7-4-14(5-8-17)18(21)19-10-9-13-3-6-16(20)11-15(13)12-19/h3-8,11,20H,2,9-10,12H2,1H3. The first-order valence-electron chi connectivity index (χ1n) is 7.50. The van der Waals surface area contributed by atoms with Gasteiger partial charge in [0.2, 0.25) is 0 Å². The molecule has 22 heavy (non-hydrogen) atoms. The molecule has 0 spiro atoms. The number of carbonyl (C=O) groups is 1. The Labute approximate surface area is 130 Å². The molecule has 4 nitrogen and oxygen atoms in total. The van der Waals surface area contributed by atoms with Crippen molar-refractivity contribution in [2.24, 2.45) is 0 Å². The van der Waals surface area contributed by atoms with Gasteiger partial charge in [-0.3, -0.25) is 4.79 Å². The summed E-state index contributed by atoms with van der Waals surface area (Å²) in [6, 6.07) is 12.6. The molecule has 0 unspecified atom stereocenters. The number of fused-ring (bicyclic) bond motifs is 1. The van der Waals surface area contributed by atoms with E-state index in [1.165, 1.54) is 5.56 Å². The maximum absolute atomic E-state index is 12.6. The highest BCUT2D eigenvalue weighted by Gasteiger charge is 2.22. The minimum atomic E-state index is 0.0111. The molecule has 1 N–H and O–H groups in total. The average molecular weight is 297 g/mol. The third kappa shape index (κ3) is 2.91. The highest BCUT2D eigenvalue weighted by molar-refractivity contribution is 5.94. The summed E-state index contributed by atoms with van der Waals surface area (Å²) in [4.78, 5) is 14.4. The van der Waals surface area contributed by atoms with E-state index in [0.717, 1.165) is 17.7 Å². The van der Waals surface area contributed by atoms with Gasteiger partial charge in [0.15, 0.2) is 0 Å². The van der Waals surface area contributed by atoms with Crippen LogP contribution in [0.5, 0.6) is 11.5 Å². The van der Waals surface area contributed by atoms with E-state index in [-0.39, 0.29) is 11.7 Å². The molecule has 1 aliphatic rings. The van der Waals surface area contributed by atoms with Crippen LogP contribution in [0.15, 0.2) is 42.5 Å². The number of rotatable bonds is 3. The largest absolute Gasteiger partial charge is 0.508 e. The van der Waals surface area contributed by atoms with Gasteiger partial charge in [0.05, 0.1) is 6.61 Å². The Morgan fingerprint density at radius 1 is 1.18 bits per heavy atom. The second-order valence-electron chi connectivity index (χ2n) is 5.39. The number of nitrogens with zero attached hydrogens (tertiary/aromatic N) is 1. The minimum absolute atomic E-state index is 0.0111. The van der Waals surface area contributed by atoms with Crippen molar-refractivity contribution in [3.8, 4) is 11.5 Å². The molecule has 2 aromatic carbocycles. The summed E-state index contributed by atoms with van der Waals surface area (Å²) < 4.78 is 5.39. The maximum Gasteiger partial charge on any atom is 0.254 e. The highest BCUT2D eigenvalue weighted by atomic mass is 16.5. The molecular formula is C18H19NO3. The molecule has 0 bridgehead atoms. The van der Waals surface area contributed by atoms with Gasteiger partial charge < -0.3 is 14.7 Å². The van der Waals surface area contributed by atoms with Gasteiger partial charge in [0, 0.05) is 18.7 Å². The van der Waals surface area contributed by atoms with Crippen molar-refractivity contribution in [1.29, 1.82) is 0 Å². The minimum Gasteiger partial charge on any atom is -0.508 e. The van der Waals surface area contributed by atoms with Gasteiger partial charge in [-0.1, -0.05) is 6.07 Å². The fourth-order valence-corrected chi connectivity index (χ4v) is 2.76. The van der Waals surface area contributed by atoms with Gasteiger partial charge in [0.1, 0.15) is 11.5 Å². The quantitative estimate of drug-likeness (QED) is 0.947. The lowest BCUT2D eigenvalue weighted by molar-refractivity contribution is 0.0734. The first kappa shape index (κ1) is 14.4. The van der Waals surface area contributed by atoms with Crippen molar-refractivity contribution in [2.45, 2.75) is 19.9 Å². The molecule has 2 aromatic rings. The van der Waals surface area contributed by atoms with Crippen molar-refractivity contribution in [2.75, 3.05) is 13.2 Å². The zero-order valence-corrected chi connectivity index (χ0v) is 12.6. The lowest BCUT2D eigenvalue weighted by Gasteiger charge is -2.29. The van der Waals surface area contributed by atoms with E-state index in [1.807, 2.05) is 30.0 Å². The molecule has 0 saturated carbocycles. The van der Waals surface area contributed by atoms with Crippen molar-refractivity contribution >= 4 is 5.91 Å². The van der Waals surface area contributed by atoms with Crippen molar-refractivity contribution in [3.05, 3.63) is 59.2 Å². The Hall–Kier alpha value is -2.49. The predicted octanol–water partition coefficient (Wildman–Crippen LogP) is 2.99. The van der Waals surface area contributed by atoms with E-state index in [2.05, 4.69) is 0 Å². The molecule has 3 rings (SSSR count). The van der Waals surface area contributed by atoms with Crippen LogP contribution in [0.4, 0.5) is 0 Å². The van der Waals surface area contributed by atoms with Crippen LogP contribution in [0.2, 0.25) is 0 Å². The van der Waals surface area contributed by atoms with E-state index >= 15 is 0 Å². The molecule has 1 heterocycles. The van der Waals surface area contributed by atoms with Gasteiger partial charge in [-0.2, -0.15) is 0 Å². The number of hydrogen-bond donors (Lipinski definition) is 1. The molecule has 0 aliphatic carbocycles. The van der Waals surface area contributed by atoms with E-state index in [1.54, 1.807) is 24.3 Å². The number of ether oxygens (including phenoxy) is 1. The number of phenols is 1. The first-order valence-corrected chi connectivity index (χ1v) is 7.50. The Balaban J connectivity index is 1.75. The van der Waals surface area contributed by atoms with Crippen LogP contribution in [0, 0.1) is 0 Å². The van der Waals surface area contributed by atoms with Crippen molar-refractivity contribution in [3.63, 3.8) is 0 Å². The van der Waals surface area contributed by atoms with Crippen LogP contribution in [-0.2, 0) is 13.0 Å². The molecule has 4 heteroatoms. The lowest BCUT2D eigenvalue weighted by Crippen LogP contribution is -2.35. The van der Waals surface area contributed by atoms with Crippen LogP contribution < -0.4 is 4.74 Å². The number of aromatic hydroxyl groups is 1. The van der Waals surface area contributed by atoms with E-state index in [4.69, 9.17) is 4.74 Å². The van der Waals surface area contributed by atoms with Crippen LogP contribution >= 0.6 is 0 Å². The van der Waals surface area contributed by atoms with Crippen LogP contribution in [-0.4, -0.2) is 29.1 Å². The Kier molecular flexibility index (Phi) is 4.00. The second kappa shape index (κ2) is 6.10. The Morgan fingerprint density at radius 3 is 2.68 bits per heavy atom. The van der Waals surface area contributed by atoms with Gasteiger partial charge in [-0.15, -0.1) is 0 Å². The zero-order valence-electron chi connectivity index (χ0n) is 12.6. The summed E-state index contributed by atoms with van der Waals surface area (Å²) >= 11 is 0. The maximum atomic E-state index is 12.6. The van der Waals surface area contributed by atoms with Crippen molar-refractivity contribution in [1.82, 2.24) is 4.90 Å². The van der Waals surface area contributed by atoms with Gasteiger partial charge in [-0.25, -0.2) is 0 Å². The highest BCUT2D eigenvalue weighted by Crippen LogP contribution is 2.24. The van der Waals surface area contributed by atoms with Crippen LogP contribution in [0.3, 0.4) is 0 Å². The first-order chi connectivity index (χ1) is 10.7. The average Bonchev–Trinajstić information content (AvgIpc) is 2.54. The smallest absolute Gasteiger partial charge is 0.254 e. The van der Waals surface area contributed by atoms with E-state index in [9.17, 15) is 9.90 Å². The summed E-state index contributed by atoms with van der Waals surface area (Å²) in [7, 11) is 0. The summed E-state index contributed by atoms with van der Waals surface area (Å²) in [5.74, 6) is 1.03. The van der Waals surface area contributed by atoms with Gasteiger partial charge in [-0.05, 0) is 60.9 Å². The van der Waals surface area contributed by atoms with E-state index < -0.39 is 0 Å². The second-order valence-corrected chi connectivity index (χ2v) is 5.39. The van der Waals surface area contributed by atoms with Crippen LogP contribution in [0.25, 0.3) is 0 Å². The molecule has 0 aromatic heterocycles. The molecule has 0 atom stereocenters. The summed E-state index contributed by atoms with van der Waals surface area (Å²) in [5, 5.41) is 9.59. The summed E-state index contributed by atoms with van der Waals surface area (Å²) in [6.45, 7) is 3.78. The third-order valence-electron chi connectivity index (χ3n) is 3.90. The SMILES string of the molecule is CCOc1ccc(C(=O)N2CCc3ccc(O)cc3C2)cc1. The summed E-state index contributed by atoms with van der Waals surface area (Å²) in [5.41, 5.74) is 2.88.